The Hall–Kier alpha value is -2.95. The third-order valence-corrected chi connectivity index (χ3v) is 5.44. The molecule has 11 heteroatoms. The number of rotatable bonds is 9. The predicted octanol–water partition coefficient (Wildman–Crippen LogP) is 2.67. The zero-order chi connectivity index (χ0) is 20.7. The fourth-order valence-corrected chi connectivity index (χ4v) is 3.87. The van der Waals surface area contributed by atoms with Crippen LogP contribution in [0.4, 0.5) is 17.5 Å². The summed E-state index contributed by atoms with van der Waals surface area (Å²) in [5, 5.41) is 6.40. The Morgan fingerprint density at radius 2 is 1.83 bits per heavy atom. The summed E-state index contributed by atoms with van der Waals surface area (Å²) in [5.74, 6) is 1.97. The van der Waals surface area contributed by atoms with Gasteiger partial charge in [-0.05, 0) is 30.3 Å². The number of halogens is 1. The predicted molar refractivity (Wildman–Crippen MR) is 111 cm³/mol. The topological polar surface area (TPSA) is 118 Å². The molecule has 0 fully saturated rings. The van der Waals surface area contributed by atoms with Gasteiger partial charge in [0, 0.05) is 30.4 Å². The molecule has 3 aromatic rings. The molecule has 0 aliphatic heterocycles. The van der Waals surface area contributed by atoms with E-state index in [0.717, 1.165) is 0 Å². The number of hydrogen-bond donors (Lipinski definition) is 3. The van der Waals surface area contributed by atoms with Crippen molar-refractivity contribution in [1.82, 2.24) is 19.7 Å². The number of ether oxygens (including phenoxy) is 1. The van der Waals surface area contributed by atoms with E-state index in [9.17, 15) is 8.42 Å². The molecule has 9 nitrogen and oxygen atoms in total. The minimum absolute atomic E-state index is 0.0172. The van der Waals surface area contributed by atoms with E-state index in [1.165, 1.54) is 25.6 Å². The molecular weight excluding hydrogens is 416 g/mol. The van der Waals surface area contributed by atoms with Crippen molar-refractivity contribution < 1.29 is 13.2 Å². The second-order valence-corrected chi connectivity index (χ2v) is 7.92. The molecule has 0 saturated heterocycles. The lowest BCUT2D eigenvalue weighted by Crippen LogP contribution is -2.29. The van der Waals surface area contributed by atoms with Crippen molar-refractivity contribution in [3.63, 3.8) is 0 Å². The van der Waals surface area contributed by atoms with Gasteiger partial charge in [-0.3, -0.25) is 0 Å². The van der Waals surface area contributed by atoms with Crippen molar-refractivity contribution in [1.29, 1.82) is 0 Å². The number of pyridine rings is 1. The maximum atomic E-state index is 12.5. The number of nitrogens with one attached hydrogen (secondary N) is 3. The van der Waals surface area contributed by atoms with Crippen LogP contribution in [0.5, 0.6) is 5.75 Å². The largest absolute Gasteiger partial charge is 0.495 e. The van der Waals surface area contributed by atoms with E-state index in [-0.39, 0.29) is 17.2 Å². The van der Waals surface area contributed by atoms with Gasteiger partial charge in [0.05, 0.1) is 7.11 Å². The third-order valence-electron chi connectivity index (χ3n) is 3.73. The van der Waals surface area contributed by atoms with Crippen molar-refractivity contribution in [2.45, 2.75) is 4.90 Å². The number of hydrogen-bond acceptors (Lipinski definition) is 8. The van der Waals surface area contributed by atoms with Crippen molar-refractivity contribution in [3.8, 4) is 5.75 Å². The summed E-state index contributed by atoms with van der Waals surface area (Å²) >= 11 is 5.91. The monoisotopic (exact) mass is 434 g/mol. The molecule has 0 bridgehead atoms. The number of sulfonamides is 1. The molecule has 2 aromatic heterocycles. The number of nitrogens with zero attached hydrogens (tertiary/aromatic N) is 3. The molecule has 3 N–H and O–H groups in total. The minimum Gasteiger partial charge on any atom is -0.495 e. The first-order valence-corrected chi connectivity index (χ1v) is 10.4. The normalized spacial score (nSPS) is 11.1. The molecule has 152 valence electrons. The van der Waals surface area contributed by atoms with Crippen molar-refractivity contribution >= 4 is 39.1 Å². The molecule has 0 atom stereocenters. The molecule has 0 saturated carbocycles. The van der Waals surface area contributed by atoms with Gasteiger partial charge in [0.2, 0.25) is 10.0 Å². The quantitative estimate of drug-likeness (QED) is 0.440. The van der Waals surface area contributed by atoms with Crippen molar-refractivity contribution in [3.05, 3.63) is 60.0 Å². The van der Waals surface area contributed by atoms with Gasteiger partial charge in [-0.2, -0.15) is 0 Å². The number of benzene rings is 1. The van der Waals surface area contributed by atoms with E-state index in [1.54, 1.807) is 18.3 Å². The second-order valence-electron chi connectivity index (χ2n) is 5.75. The number of methoxy groups -OCH3 is 1. The maximum absolute atomic E-state index is 12.5. The van der Waals surface area contributed by atoms with Crippen LogP contribution in [0.25, 0.3) is 0 Å². The lowest BCUT2D eigenvalue weighted by molar-refractivity contribution is 0.402. The summed E-state index contributed by atoms with van der Waals surface area (Å²) in [4.78, 5) is 12.4. The SMILES string of the molecule is COc1ccc(Cl)cc1S(=O)(=O)NCCNc1cc(Nc2ccccn2)ncn1. The number of aromatic nitrogens is 3. The minimum atomic E-state index is -3.78. The average Bonchev–Trinajstić information content (AvgIpc) is 2.72. The molecule has 0 aliphatic rings. The Balaban J connectivity index is 1.57. The summed E-state index contributed by atoms with van der Waals surface area (Å²) in [6, 6.07) is 11.6. The standard InChI is InChI=1S/C18H19ClN6O3S/c1-28-14-6-5-13(19)10-15(14)29(26,27)24-9-8-21-17-11-18(23-12-22-17)25-16-4-2-3-7-20-16/h2-7,10-12,24H,8-9H2,1H3,(H2,20,21,22,23,25). The highest BCUT2D eigenvalue weighted by atomic mass is 35.5. The molecule has 29 heavy (non-hydrogen) atoms. The Bertz CT molecular complexity index is 1070. The molecule has 0 unspecified atom stereocenters. The smallest absolute Gasteiger partial charge is 0.244 e. The van der Waals surface area contributed by atoms with Crippen LogP contribution in [0.2, 0.25) is 5.02 Å². The van der Waals surface area contributed by atoms with Gasteiger partial charge in [0.15, 0.2) is 0 Å². The second kappa shape index (κ2) is 9.50. The summed E-state index contributed by atoms with van der Waals surface area (Å²) < 4.78 is 32.6. The molecular formula is C18H19ClN6O3S. The van der Waals surface area contributed by atoms with Gasteiger partial charge in [-0.1, -0.05) is 17.7 Å². The van der Waals surface area contributed by atoms with Crippen molar-refractivity contribution in [2.75, 3.05) is 30.8 Å². The first kappa shape index (κ1) is 20.8. The molecule has 0 spiro atoms. The Morgan fingerprint density at radius 3 is 2.59 bits per heavy atom. The van der Waals surface area contributed by atoms with E-state index >= 15 is 0 Å². The Kier molecular flexibility index (Phi) is 6.81. The highest BCUT2D eigenvalue weighted by molar-refractivity contribution is 7.89. The van der Waals surface area contributed by atoms with Crippen LogP contribution in [0.15, 0.2) is 59.9 Å². The first-order valence-electron chi connectivity index (χ1n) is 8.55. The maximum Gasteiger partial charge on any atom is 0.244 e. The fourth-order valence-electron chi connectivity index (χ4n) is 2.40. The third kappa shape index (κ3) is 5.76. The van der Waals surface area contributed by atoms with Gasteiger partial charge in [-0.15, -0.1) is 0 Å². The van der Waals surface area contributed by atoms with Crippen LogP contribution in [0.1, 0.15) is 0 Å². The molecule has 0 amide bonds. The van der Waals surface area contributed by atoms with Crippen LogP contribution in [-0.2, 0) is 10.0 Å². The van der Waals surface area contributed by atoms with Gasteiger partial charge >= 0.3 is 0 Å². The zero-order valence-electron chi connectivity index (χ0n) is 15.5. The lowest BCUT2D eigenvalue weighted by Gasteiger charge is -2.12. The highest BCUT2D eigenvalue weighted by Gasteiger charge is 2.19. The van der Waals surface area contributed by atoms with Crippen LogP contribution < -0.4 is 20.1 Å². The van der Waals surface area contributed by atoms with Crippen LogP contribution in [-0.4, -0.2) is 43.6 Å². The van der Waals surface area contributed by atoms with E-state index < -0.39 is 10.0 Å². The first-order chi connectivity index (χ1) is 14.0. The van der Waals surface area contributed by atoms with E-state index in [2.05, 4.69) is 30.3 Å². The van der Waals surface area contributed by atoms with Crippen LogP contribution in [0, 0.1) is 0 Å². The summed E-state index contributed by atoms with van der Waals surface area (Å²) in [7, 11) is -2.38. The summed E-state index contributed by atoms with van der Waals surface area (Å²) in [5.41, 5.74) is 0. The van der Waals surface area contributed by atoms with E-state index in [4.69, 9.17) is 16.3 Å². The Morgan fingerprint density at radius 1 is 1.00 bits per heavy atom. The lowest BCUT2D eigenvalue weighted by atomic mass is 10.3. The molecule has 2 heterocycles. The van der Waals surface area contributed by atoms with Gasteiger partial charge in [0.1, 0.15) is 34.4 Å². The van der Waals surface area contributed by atoms with Crippen molar-refractivity contribution in [2.24, 2.45) is 0 Å². The van der Waals surface area contributed by atoms with Crippen LogP contribution in [0.3, 0.4) is 0 Å². The molecule has 1 aromatic carbocycles. The summed E-state index contributed by atoms with van der Waals surface area (Å²) in [6.45, 7) is 0.438. The highest BCUT2D eigenvalue weighted by Crippen LogP contribution is 2.26. The Labute approximate surface area is 173 Å². The van der Waals surface area contributed by atoms with Gasteiger partial charge in [0.25, 0.3) is 0 Å². The van der Waals surface area contributed by atoms with Gasteiger partial charge < -0.3 is 15.4 Å². The number of anilines is 3. The zero-order valence-corrected chi connectivity index (χ0v) is 17.0. The fraction of sp³-hybridized carbons (Fsp3) is 0.167. The molecule has 0 radical (unpaired) electrons. The van der Waals surface area contributed by atoms with E-state index in [1.807, 2.05) is 18.2 Å². The van der Waals surface area contributed by atoms with Crippen LogP contribution >= 0.6 is 11.6 Å². The van der Waals surface area contributed by atoms with Gasteiger partial charge in [-0.25, -0.2) is 28.1 Å². The summed E-state index contributed by atoms with van der Waals surface area (Å²) in [6.07, 6.45) is 3.07. The average molecular weight is 435 g/mol. The molecule has 0 aliphatic carbocycles. The van der Waals surface area contributed by atoms with E-state index in [0.29, 0.717) is 29.0 Å². The molecule has 3 rings (SSSR count).